The second-order valence-corrected chi connectivity index (χ2v) is 5.25. The van der Waals surface area contributed by atoms with Gasteiger partial charge < -0.3 is 15.4 Å². The van der Waals surface area contributed by atoms with E-state index >= 15 is 0 Å². The number of alkyl halides is 1. The molecule has 1 fully saturated rings. The second kappa shape index (κ2) is 4.99. The van der Waals surface area contributed by atoms with Crippen LogP contribution < -0.4 is 10.6 Å². The van der Waals surface area contributed by atoms with Crippen LogP contribution >= 0.6 is 0 Å². The zero-order chi connectivity index (χ0) is 12.3. The molecule has 94 valence electrons. The van der Waals surface area contributed by atoms with E-state index in [4.69, 9.17) is 4.74 Å². The largest absolute Gasteiger partial charge is 0.444 e. The van der Waals surface area contributed by atoms with Crippen molar-refractivity contribution in [3.63, 3.8) is 0 Å². The van der Waals surface area contributed by atoms with Gasteiger partial charge in [-0.25, -0.2) is 9.18 Å². The van der Waals surface area contributed by atoms with Gasteiger partial charge >= 0.3 is 6.09 Å². The Hall–Kier alpha value is -0.840. The minimum Gasteiger partial charge on any atom is -0.444 e. The van der Waals surface area contributed by atoms with Crippen LogP contribution in [0.1, 0.15) is 27.7 Å². The van der Waals surface area contributed by atoms with E-state index in [1.54, 1.807) is 20.8 Å². The number of carbonyl (C=O) groups is 1. The number of ether oxygens (including phenoxy) is 1. The van der Waals surface area contributed by atoms with E-state index < -0.39 is 17.9 Å². The Morgan fingerprint density at radius 3 is 2.62 bits per heavy atom. The molecule has 2 N–H and O–H groups in total. The van der Waals surface area contributed by atoms with Crippen LogP contribution in [0.15, 0.2) is 0 Å². The van der Waals surface area contributed by atoms with Crippen molar-refractivity contribution < 1.29 is 13.9 Å². The van der Waals surface area contributed by atoms with Crippen LogP contribution in [0.4, 0.5) is 9.18 Å². The van der Waals surface area contributed by atoms with Gasteiger partial charge in [0.2, 0.25) is 0 Å². The van der Waals surface area contributed by atoms with Crippen LogP contribution in [-0.2, 0) is 4.74 Å². The van der Waals surface area contributed by atoms with Crippen molar-refractivity contribution >= 4 is 6.09 Å². The van der Waals surface area contributed by atoms with Crippen molar-refractivity contribution in [2.24, 2.45) is 5.92 Å². The third kappa shape index (κ3) is 3.96. The number of rotatable bonds is 2. The molecular formula is C11H21FN2O2. The van der Waals surface area contributed by atoms with E-state index in [0.717, 1.165) is 0 Å². The second-order valence-electron chi connectivity index (χ2n) is 5.25. The number of amides is 1. The first-order valence-corrected chi connectivity index (χ1v) is 5.64. The molecular weight excluding hydrogens is 211 g/mol. The first-order chi connectivity index (χ1) is 7.29. The van der Waals surface area contributed by atoms with Gasteiger partial charge in [-0.15, -0.1) is 0 Å². The molecule has 4 nitrogen and oxygen atoms in total. The van der Waals surface area contributed by atoms with Crippen molar-refractivity contribution in [2.75, 3.05) is 13.1 Å². The molecule has 1 saturated heterocycles. The summed E-state index contributed by atoms with van der Waals surface area (Å²) in [6.45, 7) is 8.11. The summed E-state index contributed by atoms with van der Waals surface area (Å²) in [6, 6.07) is -0.185. The fraction of sp³-hybridized carbons (Fsp3) is 0.909. The highest BCUT2D eigenvalue weighted by Gasteiger charge is 2.33. The van der Waals surface area contributed by atoms with Crippen LogP contribution in [0, 0.1) is 5.92 Å². The highest BCUT2D eigenvalue weighted by molar-refractivity contribution is 5.68. The minimum absolute atomic E-state index is 0.174. The molecule has 0 bridgehead atoms. The maximum atomic E-state index is 13.2. The number of nitrogens with one attached hydrogen (secondary N) is 2. The third-order valence-electron chi connectivity index (χ3n) is 2.55. The molecule has 0 saturated carbocycles. The summed E-state index contributed by atoms with van der Waals surface area (Å²) in [7, 11) is 0. The van der Waals surface area contributed by atoms with Gasteiger partial charge in [0.1, 0.15) is 11.8 Å². The van der Waals surface area contributed by atoms with Crippen LogP contribution in [0.3, 0.4) is 0 Å². The highest BCUT2D eigenvalue weighted by Crippen LogP contribution is 2.17. The third-order valence-corrected chi connectivity index (χ3v) is 2.55. The van der Waals surface area contributed by atoms with Gasteiger partial charge in [0.25, 0.3) is 0 Å². The number of hydrogen-bond acceptors (Lipinski definition) is 3. The molecule has 0 aromatic carbocycles. The van der Waals surface area contributed by atoms with Gasteiger partial charge in [0.15, 0.2) is 0 Å². The zero-order valence-corrected chi connectivity index (χ0v) is 10.3. The topological polar surface area (TPSA) is 50.4 Å². The summed E-state index contributed by atoms with van der Waals surface area (Å²) in [4.78, 5) is 11.5. The number of carbonyl (C=O) groups excluding carboxylic acids is 1. The van der Waals surface area contributed by atoms with Crippen LogP contribution in [0.2, 0.25) is 0 Å². The summed E-state index contributed by atoms with van der Waals surface area (Å²) < 4.78 is 18.3. The lowest BCUT2D eigenvalue weighted by atomic mass is 9.99. The maximum Gasteiger partial charge on any atom is 0.407 e. The Bertz CT molecular complexity index is 251. The molecule has 3 unspecified atom stereocenters. The van der Waals surface area contributed by atoms with Gasteiger partial charge in [-0.05, 0) is 27.7 Å². The lowest BCUT2D eigenvalue weighted by Crippen LogP contribution is -2.44. The van der Waals surface area contributed by atoms with Gasteiger partial charge in [-0.2, -0.15) is 0 Å². The molecule has 0 radical (unpaired) electrons. The van der Waals surface area contributed by atoms with Gasteiger partial charge in [-0.1, -0.05) is 0 Å². The molecule has 0 aromatic heterocycles. The molecule has 1 aliphatic heterocycles. The lowest BCUT2D eigenvalue weighted by Gasteiger charge is -2.24. The molecule has 1 amide bonds. The number of hydrogen-bond donors (Lipinski definition) is 2. The van der Waals surface area contributed by atoms with Crippen molar-refractivity contribution in [2.45, 2.75) is 45.5 Å². The van der Waals surface area contributed by atoms with Gasteiger partial charge in [0, 0.05) is 19.0 Å². The molecule has 5 heteroatoms. The van der Waals surface area contributed by atoms with Crippen LogP contribution in [0.25, 0.3) is 0 Å². The first kappa shape index (κ1) is 13.2. The Balaban J connectivity index is 2.44. The lowest BCUT2D eigenvalue weighted by molar-refractivity contribution is 0.0486. The summed E-state index contributed by atoms with van der Waals surface area (Å²) >= 11 is 0. The smallest absolute Gasteiger partial charge is 0.407 e. The summed E-state index contributed by atoms with van der Waals surface area (Å²) in [5, 5.41) is 5.76. The molecule has 0 aromatic rings. The normalized spacial score (nSPS) is 27.6. The monoisotopic (exact) mass is 232 g/mol. The Morgan fingerprint density at radius 2 is 2.12 bits per heavy atom. The van der Waals surface area contributed by atoms with Gasteiger partial charge in [0.05, 0.1) is 6.04 Å². The fourth-order valence-electron chi connectivity index (χ4n) is 1.80. The Labute approximate surface area is 95.9 Å². The van der Waals surface area contributed by atoms with E-state index in [1.807, 2.05) is 0 Å². The number of halogens is 1. The van der Waals surface area contributed by atoms with E-state index in [9.17, 15) is 9.18 Å². The van der Waals surface area contributed by atoms with E-state index in [2.05, 4.69) is 10.6 Å². The molecule has 16 heavy (non-hydrogen) atoms. The average Bonchev–Trinajstić information content (AvgIpc) is 2.47. The molecule has 1 rings (SSSR count). The van der Waals surface area contributed by atoms with Crippen LogP contribution in [-0.4, -0.2) is 37.0 Å². The standard InChI is InChI=1S/C11H21FN2O2/c1-7(12)8-5-13-6-9(8)14-10(15)16-11(2,3)4/h7-9,13H,5-6H2,1-4H3,(H,14,15). The van der Waals surface area contributed by atoms with Crippen molar-refractivity contribution in [3.05, 3.63) is 0 Å². The Morgan fingerprint density at radius 1 is 1.50 bits per heavy atom. The van der Waals surface area contributed by atoms with Gasteiger partial charge in [-0.3, -0.25) is 0 Å². The highest BCUT2D eigenvalue weighted by atomic mass is 19.1. The maximum absolute atomic E-state index is 13.2. The SMILES string of the molecule is CC(F)C1CNCC1NC(=O)OC(C)(C)C. The zero-order valence-electron chi connectivity index (χ0n) is 10.3. The van der Waals surface area contributed by atoms with E-state index in [0.29, 0.717) is 13.1 Å². The molecule has 1 heterocycles. The van der Waals surface area contributed by atoms with Crippen molar-refractivity contribution in [3.8, 4) is 0 Å². The van der Waals surface area contributed by atoms with Crippen LogP contribution in [0.5, 0.6) is 0 Å². The average molecular weight is 232 g/mol. The molecule has 0 aliphatic carbocycles. The molecule has 1 aliphatic rings. The summed E-state index contributed by atoms with van der Waals surface area (Å²) in [6.07, 6.45) is -1.42. The van der Waals surface area contributed by atoms with Crippen molar-refractivity contribution in [1.29, 1.82) is 0 Å². The minimum atomic E-state index is -0.935. The Kier molecular flexibility index (Phi) is 4.13. The number of alkyl carbamates (subject to hydrolysis) is 1. The quantitative estimate of drug-likeness (QED) is 0.757. The van der Waals surface area contributed by atoms with E-state index in [-0.39, 0.29) is 12.0 Å². The predicted molar refractivity (Wildman–Crippen MR) is 60.1 cm³/mol. The van der Waals surface area contributed by atoms with E-state index in [1.165, 1.54) is 6.92 Å². The predicted octanol–water partition coefficient (Wildman–Crippen LogP) is 1.46. The molecule has 0 spiro atoms. The molecule has 3 atom stereocenters. The fourth-order valence-corrected chi connectivity index (χ4v) is 1.80. The van der Waals surface area contributed by atoms with Crippen molar-refractivity contribution in [1.82, 2.24) is 10.6 Å². The summed E-state index contributed by atoms with van der Waals surface area (Å²) in [5.74, 6) is -0.174. The summed E-state index contributed by atoms with van der Waals surface area (Å²) in [5.41, 5.74) is -0.521. The first-order valence-electron chi connectivity index (χ1n) is 5.64.